The number of ether oxygens (including phenoxy) is 3. The van der Waals surface area contributed by atoms with Crippen LogP contribution in [0.1, 0.15) is 45.6 Å². The summed E-state index contributed by atoms with van der Waals surface area (Å²) in [6.07, 6.45) is -0.318. The fourth-order valence-electron chi connectivity index (χ4n) is 3.96. The van der Waals surface area contributed by atoms with Crippen LogP contribution in [-0.2, 0) is 40.0 Å². The molecule has 1 N–H and O–H groups in total. The first-order valence-corrected chi connectivity index (χ1v) is 11.4. The number of esters is 2. The lowest BCUT2D eigenvalue weighted by molar-refractivity contribution is -0.155. The van der Waals surface area contributed by atoms with Crippen LogP contribution in [-0.4, -0.2) is 66.1 Å². The van der Waals surface area contributed by atoms with E-state index in [0.29, 0.717) is 25.8 Å². The van der Waals surface area contributed by atoms with Gasteiger partial charge in [0.05, 0.1) is 6.61 Å². The molecule has 2 heterocycles. The molecule has 0 spiro atoms. The summed E-state index contributed by atoms with van der Waals surface area (Å²) in [6, 6.07) is 7.83. The van der Waals surface area contributed by atoms with Crippen LogP contribution in [0.5, 0.6) is 0 Å². The minimum atomic E-state index is -0.961. The third-order valence-electron chi connectivity index (χ3n) is 5.62. The molecular formula is C24H32N2O7. The smallest absolute Gasteiger partial charge is 0.338 e. The SMILES string of the molecule is CCOC(=O)[C@H]1O[C@@H]1C(=O)N[C@@H](CC(C)C)C(=O)N1CCC[C@H]1C(=O)OCc1ccccc1. The fraction of sp³-hybridized carbons (Fsp3) is 0.583. The number of amides is 2. The Labute approximate surface area is 193 Å². The predicted octanol–water partition coefficient (Wildman–Crippen LogP) is 1.58. The number of carbonyl (C=O) groups excluding carboxylic acids is 4. The van der Waals surface area contributed by atoms with Crippen molar-refractivity contribution in [1.29, 1.82) is 0 Å². The third kappa shape index (κ3) is 6.54. The van der Waals surface area contributed by atoms with Crippen molar-refractivity contribution in [3.63, 3.8) is 0 Å². The highest BCUT2D eigenvalue weighted by Gasteiger charge is 2.52. The van der Waals surface area contributed by atoms with E-state index >= 15 is 0 Å². The van der Waals surface area contributed by atoms with Gasteiger partial charge in [0.2, 0.25) is 5.91 Å². The maximum atomic E-state index is 13.3. The molecule has 0 aromatic heterocycles. The zero-order chi connectivity index (χ0) is 24.0. The molecule has 9 heteroatoms. The van der Waals surface area contributed by atoms with Gasteiger partial charge in [-0.25, -0.2) is 9.59 Å². The van der Waals surface area contributed by atoms with E-state index in [4.69, 9.17) is 14.2 Å². The van der Waals surface area contributed by atoms with E-state index in [-0.39, 0.29) is 25.0 Å². The molecule has 180 valence electrons. The van der Waals surface area contributed by atoms with Gasteiger partial charge in [-0.3, -0.25) is 9.59 Å². The molecule has 2 saturated heterocycles. The van der Waals surface area contributed by atoms with Crippen molar-refractivity contribution in [2.75, 3.05) is 13.2 Å². The van der Waals surface area contributed by atoms with Crippen molar-refractivity contribution < 1.29 is 33.4 Å². The molecule has 2 aliphatic rings. The molecule has 0 radical (unpaired) electrons. The second-order valence-corrected chi connectivity index (χ2v) is 8.70. The van der Waals surface area contributed by atoms with Gasteiger partial charge >= 0.3 is 11.9 Å². The molecule has 0 saturated carbocycles. The van der Waals surface area contributed by atoms with E-state index in [2.05, 4.69) is 5.32 Å². The van der Waals surface area contributed by atoms with Gasteiger partial charge < -0.3 is 24.4 Å². The van der Waals surface area contributed by atoms with Crippen LogP contribution in [0, 0.1) is 5.92 Å². The van der Waals surface area contributed by atoms with Gasteiger partial charge in [-0.1, -0.05) is 44.2 Å². The molecule has 0 unspecified atom stereocenters. The summed E-state index contributed by atoms with van der Waals surface area (Å²) in [4.78, 5) is 51.9. The number of likely N-dealkylation sites (tertiary alicyclic amines) is 1. The molecule has 2 amide bonds. The predicted molar refractivity (Wildman–Crippen MR) is 118 cm³/mol. The Kier molecular flexibility index (Phi) is 8.43. The van der Waals surface area contributed by atoms with Crippen molar-refractivity contribution in [3.05, 3.63) is 35.9 Å². The summed E-state index contributed by atoms with van der Waals surface area (Å²) in [5.41, 5.74) is 0.868. The van der Waals surface area contributed by atoms with Gasteiger partial charge in [-0.15, -0.1) is 0 Å². The highest BCUT2D eigenvalue weighted by atomic mass is 16.6. The van der Waals surface area contributed by atoms with Crippen LogP contribution in [0.4, 0.5) is 0 Å². The third-order valence-corrected chi connectivity index (χ3v) is 5.62. The minimum absolute atomic E-state index is 0.117. The molecule has 1 aromatic carbocycles. The number of hydrogen-bond acceptors (Lipinski definition) is 7. The number of rotatable bonds is 10. The Morgan fingerprint density at radius 1 is 1.09 bits per heavy atom. The fourth-order valence-corrected chi connectivity index (χ4v) is 3.96. The van der Waals surface area contributed by atoms with Crippen LogP contribution < -0.4 is 5.32 Å². The average molecular weight is 461 g/mol. The monoisotopic (exact) mass is 460 g/mol. The summed E-state index contributed by atoms with van der Waals surface area (Å²) in [6.45, 7) is 6.30. The first kappa shape index (κ1) is 24.7. The summed E-state index contributed by atoms with van der Waals surface area (Å²) in [5, 5.41) is 2.72. The normalized spacial score (nSPS) is 22.5. The molecule has 33 heavy (non-hydrogen) atoms. The lowest BCUT2D eigenvalue weighted by atomic mass is 10.0. The highest BCUT2D eigenvalue weighted by Crippen LogP contribution is 2.25. The highest BCUT2D eigenvalue weighted by molar-refractivity contribution is 5.96. The quantitative estimate of drug-likeness (QED) is 0.416. The average Bonchev–Trinajstić information content (AvgIpc) is 3.46. The molecule has 2 fully saturated rings. The van der Waals surface area contributed by atoms with Crippen LogP contribution in [0.15, 0.2) is 30.3 Å². The Hall–Kier alpha value is -2.94. The van der Waals surface area contributed by atoms with Gasteiger partial charge in [0, 0.05) is 6.54 Å². The Morgan fingerprint density at radius 2 is 1.82 bits per heavy atom. The van der Waals surface area contributed by atoms with E-state index in [9.17, 15) is 19.2 Å². The standard InChI is InChI=1S/C24H32N2O7/c1-4-31-24(30)20-19(33-20)21(27)25-17(13-15(2)3)22(28)26-12-8-11-18(26)23(29)32-14-16-9-6-5-7-10-16/h5-7,9-10,15,17-20H,4,8,11-14H2,1-3H3,(H,25,27)/t17-,18-,19-,20-/m0/s1. The Bertz CT molecular complexity index is 858. The second-order valence-electron chi connectivity index (χ2n) is 8.70. The van der Waals surface area contributed by atoms with Gasteiger partial charge in [-0.05, 0) is 37.7 Å². The van der Waals surface area contributed by atoms with Gasteiger partial charge in [0.1, 0.15) is 18.7 Å². The molecule has 4 atom stereocenters. The second kappa shape index (κ2) is 11.3. The Balaban J connectivity index is 1.61. The molecule has 9 nitrogen and oxygen atoms in total. The number of hydrogen-bond donors (Lipinski definition) is 1. The number of benzene rings is 1. The van der Waals surface area contributed by atoms with Crippen molar-refractivity contribution in [2.24, 2.45) is 5.92 Å². The molecule has 1 aromatic rings. The van der Waals surface area contributed by atoms with Crippen molar-refractivity contribution in [3.8, 4) is 0 Å². The number of nitrogens with zero attached hydrogens (tertiary/aromatic N) is 1. The van der Waals surface area contributed by atoms with Crippen LogP contribution >= 0.6 is 0 Å². The van der Waals surface area contributed by atoms with Crippen molar-refractivity contribution in [2.45, 2.75) is 70.9 Å². The minimum Gasteiger partial charge on any atom is -0.464 e. The molecule has 3 rings (SSSR count). The number of epoxide rings is 1. The van der Waals surface area contributed by atoms with E-state index in [1.807, 2.05) is 44.2 Å². The van der Waals surface area contributed by atoms with E-state index in [0.717, 1.165) is 5.56 Å². The first-order valence-electron chi connectivity index (χ1n) is 11.4. The summed E-state index contributed by atoms with van der Waals surface area (Å²) < 4.78 is 15.5. The van der Waals surface area contributed by atoms with E-state index in [1.54, 1.807) is 6.92 Å². The lowest BCUT2D eigenvalue weighted by Crippen LogP contribution is -2.53. The topological polar surface area (TPSA) is 115 Å². The number of carbonyl (C=O) groups is 4. The lowest BCUT2D eigenvalue weighted by Gasteiger charge is -2.29. The van der Waals surface area contributed by atoms with Crippen LogP contribution in [0.25, 0.3) is 0 Å². The summed E-state index contributed by atoms with van der Waals surface area (Å²) in [7, 11) is 0. The molecule has 2 aliphatic heterocycles. The van der Waals surface area contributed by atoms with Gasteiger partial charge in [-0.2, -0.15) is 0 Å². The van der Waals surface area contributed by atoms with Gasteiger partial charge in [0.25, 0.3) is 5.91 Å². The van der Waals surface area contributed by atoms with Gasteiger partial charge in [0.15, 0.2) is 12.2 Å². The molecule has 0 bridgehead atoms. The van der Waals surface area contributed by atoms with E-state index in [1.165, 1.54) is 4.90 Å². The van der Waals surface area contributed by atoms with Crippen molar-refractivity contribution >= 4 is 23.8 Å². The first-order chi connectivity index (χ1) is 15.8. The summed E-state index contributed by atoms with van der Waals surface area (Å²) >= 11 is 0. The van der Waals surface area contributed by atoms with Crippen LogP contribution in [0.2, 0.25) is 0 Å². The number of nitrogens with one attached hydrogen (secondary N) is 1. The maximum Gasteiger partial charge on any atom is 0.338 e. The van der Waals surface area contributed by atoms with Crippen molar-refractivity contribution in [1.82, 2.24) is 10.2 Å². The van der Waals surface area contributed by atoms with E-state index < -0.39 is 42.1 Å². The van der Waals surface area contributed by atoms with Crippen LogP contribution in [0.3, 0.4) is 0 Å². The maximum absolute atomic E-state index is 13.3. The molecular weight excluding hydrogens is 428 g/mol. The Morgan fingerprint density at radius 3 is 2.48 bits per heavy atom. The largest absolute Gasteiger partial charge is 0.464 e. The zero-order valence-electron chi connectivity index (χ0n) is 19.3. The molecule has 0 aliphatic carbocycles. The summed E-state index contributed by atoms with van der Waals surface area (Å²) in [5.74, 6) is -1.79. The zero-order valence-corrected chi connectivity index (χ0v) is 19.3.